The summed E-state index contributed by atoms with van der Waals surface area (Å²) in [6.07, 6.45) is 0.935. The molecule has 180 valence electrons. The van der Waals surface area contributed by atoms with Crippen molar-refractivity contribution < 1.29 is 35.5 Å². The van der Waals surface area contributed by atoms with Crippen molar-refractivity contribution >= 4 is 55.9 Å². The normalized spacial score (nSPS) is 11.2. The summed E-state index contributed by atoms with van der Waals surface area (Å²) >= 11 is 1.84. The maximum Gasteiger partial charge on any atom is 0.300 e. The molecule has 0 aliphatic carbocycles. The van der Waals surface area contributed by atoms with Gasteiger partial charge in [-0.25, -0.2) is 18.5 Å². The van der Waals surface area contributed by atoms with Gasteiger partial charge in [0.05, 0.1) is 16.9 Å². The molecule has 15 heteroatoms. The van der Waals surface area contributed by atoms with Gasteiger partial charge < -0.3 is 15.8 Å². The molecule has 0 unspecified atom stereocenters. The first-order valence-corrected chi connectivity index (χ1v) is 11.6. The Labute approximate surface area is 204 Å². The van der Waals surface area contributed by atoms with Crippen LogP contribution in [0.4, 0.5) is 34.8 Å². The third-order valence-corrected chi connectivity index (χ3v) is 5.87. The average Bonchev–Trinajstić information content (AvgIpc) is 2.77. The maximum atomic E-state index is 14.9. The second-order valence-corrected chi connectivity index (χ2v) is 9.29. The van der Waals surface area contributed by atoms with E-state index in [1.807, 2.05) is 27.3 Å². The minimum Gasteiger partial charge on any atom is -0.451 e. The lowest BCUT2D eigenvalue weighted by atomic mass is 10.1. The molecule has 2 aromatic carbocycles. The van der Waals surface area contributed by atoms with E-state index in [4.69, 9.17) is 10.5 Å². The van der Waals surface area contributed by atoms with E-state index in [9.17, 15) is 30.8 Å². The number of amides is 1. The van der Waals surface area contributed by atoms with Gasteiger partial charge in [-0.2, -0.15) is 17.2 Å². The molecule has 0 saturated heterocycles. The Bertz CT molecular complexity index is 1390. The van der Waals surface area contributed by atoms with Crippen molar-refractivity contribution in [2.75, 3.05) is 17.1 Å². The van der Waals surface area contributed by atoms with Crippen molar-refractivity contribution in [2.45, 2.75) is 0 Å². The second kappa shape index (κ2) is 9.98. The number of anilines is 3. The highest BCUT2D eigenvalue weighted by Gasteiger charge is 2.25. The molecule has 0 aliphatic heterocycles. The summed E-state index contributed by atoms with van der Waals surface area (Å²) in [5, 5.41) is 2.28. The average molecular weight is 611 g/mol. The molecule has 0 spiro atoms. The Morgan fingerprint density at radius 2 is 1.76 bits per heavy atom. The van der Waals surface area contributed by atoms with Crippen molar-refractivity contribution in [1.82, 2.24) is 9.71 Å². The number of nitrogens with one attached hydrogen (secondary N) is 3. The minimum atomic E-state index is -4.15. The first-order chi connectivity index (χ1) is 15.9. The molecule has 0 bridgehead atoms. The summed E-state index contributed by atoms with van der Waals surface area (Å²) in [5.41, 5.74) is 3.60. The Hall–Kier alpha value is -3.18. The number of pyridine rings is 1. The van der Waals surface area contributed by atoms with Gasteiger partial charge in [0, 0.05) is 22.9 Å². The molecule has 1 heterocycles. The number of aromatic nitrogens is 1. The third kappa shape index (κ3) is 5.48. The summed E-state index contributed by atoms with van der Waals surface area (Å²) in [6, 6.07) is 5.42. The van der Waals surface area contributed by atoms with Crippen LogP contribution in [0.3, 0.4) is 0 Å². The lowest BCUT2D eigenvalue weighted by Gasteiger charge is -2.16. The quantitative estimate of drug-likeness (QED) is 0.227. The number of ether oxygens (including phenoxy) is 1. The molecule has 34 heavy (non-hydrogen) atoms. The van der Waals surface area contributed by atoms with E-state index in [1.54, 1.807) is 4.72 Å². The van der Waals surface area contributed by atoms with Crippen LogP contribution in [0.1, 0.15) is 10.4 Å². The smallest absolute Gasteiger partial charge is 0.300 e. The molecular formula is C19H14F4IN5O4S. The number of carbonyl (C=O) groups is 1. The molecule has 1 amide bonds. The monoisotopic (exact) mass is 611 g/mol. The van der Waals surface area contributed by atoms with Crippen LogP contribution in [0, 0.1) is 26.8 Å². The number of hydrogen-bond donors (Lipinski definition) is 4. The zero-order chi connectivity index (χ0) is 25.2. The fourth-order valence-corrected chi connectivity index (χ4v) is 3.54. The molecule has 3 aromatic rings. The van der Waals surface area contributed by atoms with Crippen LogP contribution in [0.5, 0.6) is 11.5 Å². The number of hydrogen-bond acceptors (Lipinski definition) is 6. The van der Waals surface area contributed by atoms with E-state index < -0.39 is 68.0 Å². The highest BCUT2D eigenvalue weighted by Crippen LogP contribution is 2.36. The molecule has 0 saturated carbocycles. The van der Waals surface area contributed by atoms with Crippen LogP contribution in [-0.2, 0) is 10.2 Å². The molecule has 0 atom stereocenters. The first kappa shape index (κ1) is 25.4. The number of rotatable bonds is 8. The van der Waals surface area contributed by atoms with E-state index in [2.05, 4.69) is 10.3 Å². The first-order valence-electron chi connectivity index (χ1n) is 9.01. The van der Waals surface area contributed by atoms with Crippen molar-refractivity contribution in [3.63, 3.8) is 0 Å². The van der Waals surface area contributed by atoms with Gasteiger partial charge in [0.15, 0.2) is 23.1 Å². The van der Waals surface area contributed by atoms with Crippen LogP contribution in [0.2, 0.25) is 0 Å². The Morgan fingerprint density at radius 1 is 1.06 bits per heavy atom. The molecule has 9 nitrogen and oxygen atoms in total. The van der Waals surface area contributed by atoms with Crippen molar-refractivity contribution in [1.29, 1.82) is 0 Å². The van der Waals surface area contributed by atoms with Gasteiger partial charge in [0.25, 0.3) is 16.1 Å². The molecule has 1 aromatic heterocycles. The van der Waals surface area contributed by atoms with Crippen LogP contribution in [0.15, 0.2) is 36.5 Å². The van der Waals surface area contributed by atoms with Gasteiger partial charge in [-0.1, -0.05) is 0 Å². The van der Waals surface area contributed by atoms with E-state index in [0.29, 0.717) is 9.64 Å². The maximum absolute atomic E-state index is 14.9. The van der Waals surface area contributed by atoms with Gasteiger partial charge in [-0.3, -0.25) is 9.52 Å². The topological polar surface area (TPSA) is 135 Å². The number of carbonyl (C=O) groups excluding carboxylic acids is 1. The van der Waals surface area contributed by atoms with Gasteiger partial charge in [-0.05, 0) is 46.9 Å². The summed E-state index contributed by atoms with van der Waals surface area (Å²) in [6.45, 7) is 0. The fourth-order valence-electron chi connectivity index (χ4n) is 2.59. The number of nitrogens with two attached hydrogens (primary N) is 1. The predicted octanol–water partition coefficient (Wildman–Crippen LogP) is 3.75. The van der Waals surface area contributed by atoms with Crippen molar-refractivity contribution in [2.24, 2.45) is 5.73 Å². The largest absolute Gasteiger partial charge is 0.451 e. The van der Waals surface area contributed by atoms with Gasteiger partial charge in [-0.15, -0.1) is 0 Å². The Balaban J connectivity index is 2.04. The summed E-state index contributed by atoms with van der Waals surface area (Å²) in [5.74, 6) is -9.20. The van der Waals surface area contributed by atoms with Gasteiger partial charge in [0.1, 0.15) is 5.82 Å². The third-order valence-electron chi connectivity index (χ3n) is 4.20. The van der Waals surface area contributed by atoms with Gasteiger partial charge >= 0.3 is 0 Å². The summed E-state index contributed by atoms with van der Waals surface area (Å²) in [7, 11) is -3.09. The molecule has 0 fully saturated rings. The fraction of sp³-hybridized carbons (Fsp3) is 0.0526. The highest BCUT2D eigenvalue weighted by atomic mass is 127. The predicted molar refractivity (Wildman–Crippen MR) is 123 cm³/mol. The van der Waals surface area contributed by atoms with E-state index in [1.165, 1.54) is 12.1 Å². The van der Waals surface area contributed by atoms with Crippen molar-refractivity contribution in [3.8, 4) is 11.5 Å². The van der Waals surface area contributed by atoms with Crippen LogP contribution >= 0.6 is 22.6 Å². The SMILES string of the molecule is CNS(=O)(=O)Nc1nccc(Oc2cc(C(N)=O)c(Nc3ccc(I)cc3F)c(F)c2F)c1F. The van der Waals surface area contributed by atoms with Crippen LogP contribution < -0.4 is 25.2 Å². The standard InChI is InChI=1S/C19H14F4IN5O4S/c1-26-34(31,32)29-19-15(22)12(4-5-27-19)33-13-7-9(18(25)30)17(16(23)14(13)21)28-11-3-2-8(24)6-10(11)20/h2-7,26,28H,1H3,(H2,25,30)(H,27,29). The molecule has 5 N–H and O–H groups in total. The minimum absolute atomic E-state index is 0.267. The summed E-state index contributed by atoms with van der Waals surface area (Å²) < 4.78 is 90.8. The van der Waals surface area contributed by atoms with Crippen LogP contribution in [-0.4, -0.2) is 26.4 Å². The highest BCUT2D eigenvalue weighted by molar-refractivity contribution is 14.1. The van der Waals surface area contributed by atoms with Crippen molar-refractivity contribution in [3.05, 3.63) is 68.9 Å². The van der Waals surface area contributed by atoms with Crippen LogP contribution in [0.25, 0.3) is 0 Å². The number of nitrogens with zero attached hydrogens (tertiary/aromatic N) is 1. The molecular weight excluding hydrogens is 597 g/mol. The lowest BCUT2D eigenvalue weighted by molar-refractivity contribution is 0.1000. The zero-order valence-corrected chi connectivity index (χ0v) is 19.9. The molecule has 3 rings (SSSR count). The van der Waals surface area contributed by atoms with Gasteiger partial charge in [0.2, 0.25) is 11.6 Å². The number of benzene rings is 2. The zero-order valence-electron chi connectivity index (χ0n) is 16.9. The second-order valence-electron chi connectivity index (χ2n) is 6.42. The van der Waals surface area contributed by atoms with E-state index >= 15 is 0 Å². The number of halogens is 5. The molecule has 0 aliphatic rings. The Morgan fingerprint density at radius 3 is 2.38 bits per heavy atom. The summed E-state index contributed by atoms with van der Waals surface area (Å²) in [4.78, 5) is 15.4. The van der Waals surface area contributed by atoms with E-state index in [-0.39, 0.29) is 5.69 Å². The lowest BCUT2D eigenvalue weighted by Crippen LogP contribution is -2.27. The number of primary amides is 1. The molecule has 0 radical (unpaired) electrons. The Kier molecular flexibility index (Phi) is 7.47. The van der Waals surface area contributed by atoms with E-state index in [0.717, 1.165) is 25.4 Å².